The molecular formula is C17H22N2O. The third kappa shape index (κ3) is 1.79. The molecule has 1 aromatic heterocycles. The van der Waals surface area contributed by atoms with E-state index in [1.54, 1.807) is 6.20 Å². The van der Waals surface area contributed by atoms with Crippen molar-refractivity contribution in [1.29, 1.82) is 0 Å². The van der Waals surface area contributed by atoms with Crippen LogP contribution in [0.2, 0.25) is 0 Å². The molecule has 1 saturated carbocycles. The zero-order chi connectivity index (χ0) is 13.7. The predicted molar refractivity (Wildman–Crippen MR) is 77.6 cm³/mol. The third-order valence-corrected chi connectivity index (χ3v) is 5.71. The van der Waals surface area contributed by atoms with Crippen LogP contribution < -0.4 is 0 Å². The van der Waals surface area contributed by atoms with Crippen LogP contribution in [0.4, 0.5) is 0 Å². The van der Waals surface area contributed by atoms with Crippen molar-refractivity contribution < 1.29 is 4.79 Å². The molecule has 2 unspecified atom stereocenters. The van der Waals surface area contributed by atoms with Crippen LogP contribution in [0, 0.1) is 11.3 Å². The van der Waals surface area contributed by atoms with E-state index in [0.717, 1.165) is 37.4 Å². The Hall–Kier alpha value is -1.38. The Labute approximate surface area is 120 Å². The molecule has 0 radical (unpaired) electrons. The highest BCUT2D eigenvalue weighted by molar-refractivity contribution is 5.94. The number of piperidine rings is 1. The van der Waals surface area contributed by atoms with Crippen molar-refractivity contribution in [3.63, 3.8) is 0 Å². The molecule has 4 rings (SSSR count). The van der Waals surface area contributed by atoms with Gasteiger partial charge >= 0.3 is 0 Å². The van der Waals surface area contributed by atoms with Crippen LogP contribution in [-0.4, -0.2) is 28.9 Å². The van der Waals surface area contributed by atoms with Gasteiger partial charge in [-0.3, -0.25) is 9.78 Å². The molecule has 0 N–H and O–H groups in total. The van der Waals surface area contributed by atoms with Crippen molar-refractivity contribution in [2.45, 2.75) is 45.4 Å². The molecule has 2 fully saturated rings. The largest absolute Gasteiger partial charge is 0.338 e. The number of fused-ring (bicyclic) bond motifs is 2. The van der Waals surface area contributed by atoms with Gasteiger partial charge in [-0.25, -0.2) is 0 Å². The van der Waals surface area contributed by atoms with E-state index in [2.05, 4.69) is 22.9 Å². The summed E-state index contributed by atoms with van der Waals surface area (Å²) < 4.78 is 0. The van der Waals surface area contributed by atoms with E-state index in [1.165, 1.54) is 36.9 Å². The van der Waals surface area contributed by atoms with E-state index in [0.29, 0.717) is 5.41 Å². The van der Waals surface area contributed by atoms with E-state index in [9.17, 15) is 4.79 Å². The number of carbonyl (C=O) groups excluding carboxylic acids is 1. The Bertz CT molecular complexity index is 564. The minimum Gasteiger partial charge on any atom is -0.338 e. The maximum atomic E-state index is 12.6. The Morgan fingerprint density at radius 2 is 2.30 bits per heavy atom. The molecule has 3 nitrogen and oxygen atoms in total. The summed E-state index contributed by atoms with van der Waals surface area (Å²) in [7, 11) is 0. The summed E-state index contributed by atoms with van der Waals surface area (Å²) in [6, 6.07) is 2.10. The number of hydrogen-bond donors (Lipinski definition) is 0. The SMILES string of the molecule is CCC12CC1CN(C(=O)c1cnc3c(c1)CCCC3)C2. The molecule has 0 aromatic carbocycles. The monoisotopic (exact) mass is 270 g/mol. The zero-order valence-corrected chi connectivity index (χ0v) is 12.2. The van der Waals surface area contributed by atoms with E-state index < -0.39 is 0 Å². The fourth-order valence-electron chi connectivity index (χ4n) is 4.18. The minimum atomic E-state index is 0.200. The number of aryl methyl sites for hydroxylation is 2. The van der Waals surface area contributed by atoms with Crippen LogP contribution in [0.25, 0.3) is 0 Å². The van der Waals surface area contributed by atoms with E-state index >= 15 is 0 Å². The lowest BCUT2D eigenvalue weighted by Crippen LogP contribution is -2.32. The van der Waals surface area contributed by atoms with Gasteiger partial charge in [0.1, 0.15) is 0 Å². The van der Waals surface area contributed by atoms with Crippen LogP contribution in [-0.2, 0) is 12.8 Å². The molecule has 1 aliphatic heterocycles. The summed E-state index contributed by atoms with van der Waals surface area (Å²) in [5.74, 6) is 0.966. The number of aromatic nitrogens is 1. The highest BCUT2D eigenvalue weighted by atomic mass is 16.2. The maximum absolute atomic E-state index is 12.6. The molecule has 3 heteroatoms. The van der Waals surface area contributed by atoms with Crippen LogP contribution >= 0.6 is 0 Å². The van der Waals surface area contributed by atoms with Gasteiger partial charge in [0, 0.05) is 25.0 Å². The molecule has 106 valence electrons. The lowest BCUT2D eigenvalue weighted by molar-refractivity contribution is 0.0763. The third-order valence-electron chi connectivity index (χ3n) is 5.71. The zero-order valence-electron chi connectivity index (χ0n) is 12.2. The summed E-state index contributed by atoms with van der Waals surface area (Å²) in [5.41, 5.74) is 3.79. The highest BCUT2D eigenvalue weighted by Gasteiger charge is 2.59. The Morgan fingerprint density at radius 3 is 3.10 bits per heavy atom. The minimum absolute atomic E-state index is 0.200. The second-order valence-electron chi connectivity index (χ2n) is 6.84. The van der Waals surface area contributed by atoms with Crippen LogP contribution in [0.3, 0.4) is 0 Å². The first-order chi connectivity index (χ1) is 9.72. The summed E-state index contributed by atoms with van der Waals surface area (Å²) >= 11 is 0. The molecule has 2 aliphatic carbocycles. The first kappa shape index (κ1) is 12.4. The molecular weight excluding hydrogens is 248 g/mol. The van der Waals surface area contributed by atoms with Crippen molar-refractivity contribution in [3.8, 4) is 0 Å². The second kappa shape index (κ2) is 4.31. The fraction of sp³-hybridized carbons (Fsp3) is 0.647. The summed E-state index contributed by atoms with van der Waals surface area (Å²) in [6.07, 6.45) is 8.98. The molecule has 3 aliphatic rings. The number of rotatable bonds is 2. The highest BCUT2D eigenvalue weighted by Crippen LogP contribution is 2.60. The van der Waals surface area contributed by atoms with E-state index in [1.807, 2.05) is 0 Å². The number of amides is 1. The smallest absolute Gasteiger partial charge is 0.255 e. The number of hydrogen-bond acceptors (Lipinski definition) is 2. The predicted octanol–water partition coefficient (Wildman–Crippen LogP) is 2.83. The van der Waals surface area contributed by atoms with Crippen molar-refractivity contribution in [2.24, 2.45) is 11.3 Å². The number of pyridine rings is 1. The van der Waals surface area contributed by atoms with Gasteiger partial charge in [-0.15, -0.1) is 0 Å². The normalized spacial score (nSPS) is 30.9. The summed E-state index contributed by atoms with van der Waals surface area (Å²) in [5, 5.41) is 0. The van der Waals surface area contributed by atoms with Gasteiger partial charge < -0.3 is 4.90 Å². The van der Waals surface area contributed by atoms with Gasteiger partial charge in [-0.2, -0.15) is 0 Å². The average Bonchev–Trinajstić information content (AvgIpc) is 3.07. The Balaban J connectivity index is 1.54. The number of nitrogens with zero attached hydrogens (tertiary/aromatic N) is 2. The Kier molecular flexibility index (Phi) is 2.66. The van der Waals surface area contributed by atoms with Crippen molar-refractivity contribution in [1.82, 2.24) is 9.88 Å². The number of carbonyl (C=O) groups is 1. The molecule has 1 aromatic rings. The Morgan fingerprint density at radius 1 is 1.45 bits per heavy atom. The molecule has 2 heterocycles. The first-order valence-electron chi connectivity index (χ1n) is 7.99. The average molecular weight is 270 g/mol. The van der Waals surface area contributed by atoms with Gasteiger partial charge in [0.2, 0.25) is 0 Å². The van der Waals surface area contributed by atoms with Gasteiger partial charge in [-0.1, -0.05) is 6.92 Å². The van der Waals surface area contributed by atoms with Crippen molar-refractivity contribution in [3.05, 3.63) is 29.1 Å². The van der Waals surface area contributed by atoms with E-state index in [4.69, 9.17) is 0 Å². The first-order valence-corrected chi connectivity index (χ1v) is 7.99. The lowest BCUT2D eigenvalue weighted by atomic mass is 9.95. The molecule has 0 bridgehead atoms. The molecule has 1 saturated heterocycles. The number of likely N-dealkylation sites (tertiary alicyclic amines) is 1. The van der Waals surface area contributed by atoms with Crippen LogP contribution in [0.5, 0.6) is 0 Å². The molecule has 2 atom stereocenters. The van der Waals surface area contributed by atoms with Crippen LogP contribution in [0.1, 0.15) is 54.2 Å². The van der Waals surface area contributed by atoms with Crippen LogP contribution in [0.15, 0.2) is 12.3 Å². The molecule has 1 amide bonds. The quantitative estimate of drug-likeness (QED) is 0.828. The van der Waals surface area contributed by atoms with Crippen molar-refractivity contribution >= 4 is 5.91 Å². The fourth-order valence-corrected chi connectivity index (χ4v) is 4.18. The van der Waals surface area contributed by atoms with Gasteiger partial charge in [0.15, 0.2) is 0 Å². The molecule has 20 heavy (non-hydrogen) atoms. The summed E-state index contributed by atoms with van der Waals surface area (Å²) in [4.78, 5) is 19.2. The van der Waals surface area contributed by atoms with E-state index in [-0.39, 0.29) is 5.91 Å². The van der Waals surface area contributed by atoms with Gasteiger partial charge in [-0.05, 0) is 61.5 Å². The lowest BCUT2D eigenvalue weighted by Gasteiger charge is -2.22. The van der Waals surface area contributed by atoms with Crippen molar-refractivity contribution in [2.75, 3.05) is 13.1 Å². The standard InChI is InChI=1S/C17H22N2O/c1-2-17-8-14(17)10-19(11-17)16(20)13-7-12-5-3-4-6-15(12)18-9-13/h7,9,14H,2-6,8,10-11H2,1H3. The molecule has 0 spiro atoms. The van der Waals surface area contributed by atoms with Gasteiger partial charge in [0.05, 0.1) is 5.56 Å². The topological polar surface area (TPSA) is 33.2 Å². The second-order valence-corrected chi connectivity index (χ2v) is 6.84. The summed E-state index contributed by atoms with van der Waals surface area (Å²) in [6.45, 7) is 4.18. The maximum Gasteiger partial charge on any atom is 0.255 e. The van der Waals surface area contributed by atoms with Gasteiger partial charge in [0.25, 0.3) is 5.91 Å².